The predicted molar refractivity (Wildman–Crippen MR) is 144 cm³/mol. The molecule has 1 aliphatic heterocycles. The van der Waals surface area contributed by atoms with E-state index in [2.05, 4.69) is 31.0 Å². The molecule has 0 radical (unpaired) electrons. The highest BCUT2D eigenvalue weighted by Crippen LogP contribution is 2.32. The SMILES string of the molecule is COc1ccnc(C(=O)C[C@H]2COCC[C@H](Cc3ccccc3)[C@@H](OCC(C)C)[C@H](C)OC2=O)c1OC(C)=O. The predicted octanol–water partition coefficient (Wildman–Crippen LogP) is 4.46. The van der Waals surface area contributed by atoms with Crippen molar-refractivity contribution in [2.75, 3.05) is 26.9 Å². The van der Waals surface area contributed by atoms with Gasteiger partial charge in [-0.1, -0.05) is 44.2 Å². The lowest BCUT2D eigenvalue weighted by atomic mass is 9.88. The van der Waals surface area contributed by atoms with Gasteiger partial charge in [0.05, 0.1) is 25.7 Å². The standard InChI is InChI=1S/C30H39NO8/c1-19(2)17-37-28-20(3)38-30(34)24(18-36-14-12-23(28)15-22-9-7-6-8-10-22)16-25(33)27-29(39-21(4)32)26(35-5)11-13-31-27/h6-11,13,19-20,23-24,28H,12,14-18H2,1-5H3/t20-,23+,24-,28-/m0/s1. The van der Waals surface area contributed by atoms with Gasteiger partial charge in [-0.15, -0.1) is 0 Å². The number of nitrogens with zero attached hydrogens (tertiary/aromatic N) is 1. The van der Waals surface area contributed by atoms with E-state index in [0.717, 1.165) is 6.42 Å². The first-order valence-electron chi connectivity index (χ1n) is 13.4. The van der Waals surface area contributed by atoms with Crippen molar-refractivity contribution in [3.63, 3.8) is 0 Å². The Morgan fingerprint density at radius 2 is 1.90 bits per heavy atom. The van der Waals surface area contributed by atoms with E-state index in [1.807, 2.05) is 25.1 Å². The minimum absolute atomic E-state index is 0.0136. The Morgan fingerprint density at radius 1 is 1.15 bits per heavy atom. The molecule has 1 aromatic heterocycles. The van der Waals surface area contributed by atoms with E-state index in [9.17, 15) is 14.4 Å². The summed E-state index contributed by atoms with van der Waals surface area (Å²) in [6.45, 7) is 8.15. The second-order valence-corrected chi connectivity index (χ2v) is 10.3. The molecule has 4 atom stereocenters. The van der Waals surface area contributed by atoms with Crippen LogP contribution in [0, 0.1) is 17.8 Å². The van der Waals surface area contributed by atoms with Gasteiger partial charge in [-0.2, -0.15) is 0 Å². The van der Waals surface area contributed by atoms with E-state index in [1.165, 1.54) is 31.9 Å². The van der Waals surface area contributed by atoms with Gasteiger partial charge in [0.25, 0.3) is 0 Å². The van der Waals surface area contributed by atoms with Crippen LogP contribution in [-0.4, -0.2) is 61.8 Å². The fraction of sp³-hybridized carbons (Fsp3) is 0.533. The Balaban J connectivity index is 1.79. The quantitative estimate of drug-likeness (QED) is 0.318. The number of Topliss-reactive ketones (excluding diaryl/α,β-unsaturated/α-hetero) is 1. The molecule has 3 rings (SSSR count). The summed E-state index contributed by atoms with van der Waals surface area (Å²) in [5, 5.41) is 0. The molecule has 0 spiro atoms. The first-order valence-corrected chi connectivity index (χ1v) is 13.4. The number of ketones is 1. The Labute approximate surface area is 230 Å². The minimum Gasteiger partial charge on any atom is -0.493 e. The number of benzene rings is 1. The summed E-state index contributed by atoms with van der Waals surface area (Å²) in [5.41, 5.74) is 1.08. The monoisotopic (exact) mass is 541 g/mol. The molecule has 39 heavy (non-hydrogen) atoms. The molecule has 9 heteroatoms. The largest absolute Gasteiger partial charge is 0.493 e. The summed E-state index contributed by atoms with van der Waals surface area (Å²) >= 11 is 0. The number of ether oxygens (including phenoxy) is 5. The first kappa shape index (κ1) is 30.2. The number of methoxy groups -OCH3 is 1. The molecule has 2 heterocycles. The molecule has 0 N–H and O–H groups in total. The molecule has 0 unspecified atom stereocenters. The van der Waals surface area contributed by atoms with E-state index < -0.39 is 29.7 Å². The highest BCUT2D eigenvalue weighted by molar-refractivity contribution is 6.00. The molecule has 0 aliphatic carbocycles. The summed E-state index contributed by atoms with van der Waals surface area (Å²) < 4.78 is 28.6. The number of esters is 2. The van der Waals surface area contributed by atoms with Gasteiger partial charge in [0.2, 0.25) is 5.75 Å². The van der Waals surface area contributed by atoms with Crippen LogP contribution in [0.25, 0.3) is 0 Å². The number of carbonyl (C=O) groups is 3. The van der Waals surface area contributed by atoms with Crippen molar-refractivity contribution in [3.05, 3.63) is 53.9 Å². The van der Waals surface area contributed by atoms with Gasteiger partial charge in [-0.25, -0.2) is 4.98 Å². The number of cyclic esters (lactones) is 1. The fourth-order valence-electron chi connectivity index (χ4n) is 4.63. The van der Waals surface area contributed by atoms with Gasteiger partial charge in [0, 0.05) is 38.8 Å². The summed E-state index contributed by atoms with van der Waals surface area (Å²) in [6, 6.07) is 11.6. The lowest BCUT2D eigenvalue weighted by molar-refractivity contribution is -0.169. The van der Waals surface area contributed by atoms with Gasteiger partial charge in [-0.05, 0) is 37.2 Å². The zero-order valence-corrected chi connectivity index (χ0v) is 23.4. The van der Waals surface area contributed by atoms with Crippen molar-refractivity contribution >= 4 is 17.7 Å². The molecule has 1 aromatic carbocycles. The molecule has 0 bridgehead atoms. The summed E-state index contributed by atoms with van der Waals surface area (Å²) in [5.74, 6) is -2.04. The lowest BCUT2D eigenvalue weighted by Gasteiger charge is -2.34. The van der Waals surface area contributed by atoms with Crippen molar-refractivity contribution in [2.45, 2.75) is 59.2 Å². The minimum atomic E-state index is -0.866. The van der Waals surface area contributed by atoms with Crippen LogP contribution in [0.15, 0.2) is 42.6 Å². The molecule has 9 nitrogen and oxygen atoms in total. The summed E-state index contributed by atoms with van der Waals surface area (Å²) in [7, 11) is 1.40. The second kappa shape index (κ2) is 14.7. The number of hydrogen-bond acceptors (Lipinski definition) is 9. The highest BCUT2D eigenvalue weighted by atomic mass is 16.6. The van der Waals surface area contributed by atoms with Crippen LogP contribution in [0.5, 0.6) is 11.5 Å². The molecule has 0 saturated carbocycles. The lowest BCUT2D eigenvalue weighted by Crippen LogP contribution is -2.42. The van der Waals surface area contributed by atoms with Crippen molar-refractivity contribution < 1.29 is 38.1 Å². The third-order valence-electron chi connectivity index (χ3n) is 6.51. The van der Waals surface area contributed by atoms with Gasteiger partial charge < -0.3 is 23.7 Å². The molecule has 1 fully saturated rings. The van der Waals surface area contributed by atoms with Crippen LogP contribution < -0.4 is 9.47 Å². The number of hydrogen-bond donors (Lipinski definition) is 0. The summed E-state index contributed by atoms with van der Waals surface area (Å²) in [4.78, 5) is 42.3. The van der Waals surface area contributed by atoms with Gasteiger partial charge in [-0.3, -0.25) is 14.4 Å². The highest BCUT2D eigenvalue weighted by Gasteiger charge is 2.35. The molecule has 2 aromatic rings. The third kappa shape index (κ3) is 8.86. The summed E-state index contributed by atoms with van der Waals surface area (Å²) in [6.07, 6.45) is 1.74. The van der Waals surface area contributed by atoms with Crippen LogP contribution in [0.4, 0.5) is 0 Å². The number of aromatic nitrogens is 1. The topological polar surface area (TPSA) is 110 Å². The van der Waals surface area contributed by atoms with Gasteiger partial charge in [0.1, 0.15) is 6.10 Å². The van der Waals surface area contributed by atoms with Crippen LogP contribution in [0.3, 0.4) is 0 Å². The van der Waals surface area contributed by atoms with E-state index >= 15 is 0 Å². The molecular formula is C30H39NO8. The third-order valence-corrected chi connectivity index (χ3v) is 6.51. The first-order chi connectivity index (χ1) is 18.7. The van der Waals surface area contributed by atoms with Crippen LogP contribution in [-0.2, 0) is 30.2 Å². The van der Waals surface area contributed by atoms with Crippen LogP contribution in [0.1, 0.15) is 56.6 Å². The normalized spacial score (nSPS) is 22.2. The molecule has 1 saturated heterocycles. The molecule has 1 aliphatic rings. The zero-order valence-electron chi connectivity index (χ0n) is 23.4. The number of rotatable bonds is 10. The van der Waals surface area contributed by atoms with E-state index in [0.29, 0.717) is 25.6 Å². The molecular weight excluding hydrogens is 502 g/mol. The van der Waals surface area contributed by atoms with Gasteiger partial charge >= 0.3 is 11.9 Å². The van der Waals surface area contributed by atoms with Crippen molar-refractivity contribution in [2.24, 2.45) is 17.8 Å². The zero-order chi connectivity index (χ0) is 28.4. The van der Waals surface area contributed by atoms with Crippen LogP contribution in [0.2, 0.25) is 0 Å². The Hall–Kier alpha value is -3.30. The van der Waals surface area contributed by atoms with E-state index in [-0.39, 0.29) is 42.2 Å². The van der Waals surface area contributed by atoms with Gasteiger partial charge in [0.15, 0.2) is 17.2 Å². The van der Waals surface area contributed by atoms with Crippen molar-refractivity contribution in [3.8, 4) is 11.5 Å². The Kier molecular flexibility index (Phi) is 11.4. The smallest absolute Gasteiger partial charge is 0.312 e. The number of pyridine rings is 1. The maximum atomic E-state index is 13.3. The molecule has 0 amide bonds. The molecule has 212 valence electrons. The second-order valence-electron chi connectivity index (χ2n) is 10.3. The maximum Gasteiger partial charge on any atom is 0.312 e. The maximum absolute atomic E-state index is 13.3. The Morgan fingerprint density at radius 3 is 2.56 bits per heavy atom. The van der Waals surface area contributed by atoms with Crippen LogP contribution >= 0.6 is 0 Å². The van der Waals surface area contributed by atoms with E-state index in [4.69, 9.17) is 23.7 Å². The number of carbonyl (C=O) groups excluding carboxylic acids is 3. The average molecular weight is 542 g/mol. The van der Waals surface area contributed by atoms with Crippen molar-refractivity contribution in [1.29, 1.82) is 0 Å². The fourth-order valence-corrected chi connectivity index (χ4v) is 4.63. The van der Waals surface area contributed by atoms with Crippen molar-refractivity contribution in [1.82, 2.24) is 4.98 Å². The Bertz CT molecular complexity index is 1100. The van der Waals surface area contributed by atoms with E-state index in [1.54, 1.807) is 0 Å². The average Bonchev–Trinajstić information content (AvgIpc) is 2.89.